The Bertz CT molecular complexity index is 542. The Kier molecular flexibility index (Phi) is 4.67. The minimum Gasteiger partial charge on any atom is -0.488 e. The van der Waals surface area contributed by atoms with Crippen molar-refractivity contribution in [2.45, 2.75) is 19.6 Å². The third-order valence-corrected chi connectivity index (χ3v) is 4.65. The topological polar surface area (TPSA) is 35.2 Å². The molecule has 0 aliphatic rings. The third-order valence-electron chi connectivity index (χ3n) is 2.51. The highest BCUT2D eigenvalue weighted by molar-refractivity contribution is 9.10. The summed E-state index contributed by atoms with van der Waals surface area (Å²) in [6.07, 6.45) is 0. The zero-order valence-corrected chi connectivity index (χ0v) is 13.0. The first-order valence-electron chi connectivity index (χ1n) is 5.47. The molecule has 5 heteroatoms. The van der Waals surface area contributed by atoms with E-state index in [9.17, 15) is 0 Å². The molecule has 1 aromatic carbocycles. The fourth-order valence-electron chi connectivity index (χ4n) is 1.58. The highest BCUT2D eigenvalue weighted by Gasteiger charge is 2.10. The number of benzene rings is 1. The van der Waals surface area contributed by atoms with Crippen molar-refractivity contribution in [2.75, 3.05) is 0 Å². The van der Waals surface area contributed by atoms with E-state index in [0.29, 0.717) is 11.6 Å². The van der Waals surface area contributed by atoms with Gasteiger partial charge < -0.3 is 10.5 Å². The Hall–Kier alpha value is -0.550. The summed E-state index contributed by atoms with van der Waals surface area (Å²) in [7, 11) is 0. The van der Waals surface area contributed by atoms with E-state index in [1.54, 1.807) is 11.3 Å². The average Bonchev–Trinajstić information content (AvgIpc) is 2.73. The molecule has 0 fully saturated rings. The smallest absolute Gasteiger partial charge is 0.124 e. The Morgan fingerprint density at radius 3 is 2.83 bits per heavy atom. The van der Waals surface area contributed by atoms with Crippen molar-refractivity contribution < 1.29 is 4.74 Å². The lowest BCUT2D eigenvalue weighted by atomic mass is 10.1. The molecule has 0 aliphatic carbocycles. The monoisotopic (exact) mass is 345 g/mol. The lowest BCUT2D eigenvalue weighted by molar-refractivity contribution is 0.304. The third kappa shape index (κ3) is 3.26. The van der Waals surface area contributed by atoms with E-state index in [1.165, 1.54) is 0 Å². The molecule has 2 aromatic rings. The maximum absolute atomic E-state index is 5.97. The van der Waals surface area contributed by atoms with Crippen LogP contribution in [0.5, 0.6) is 5.75 Å². The van der Waals surface area contributed by atoms with Crippen LogP contribution in [-0.4, -0.2) is 0 Å². The summed E-state index contributed by atoms with van der Waals surface area (Å²) in [6, 6.07) is 7.43. The van der Waals surface area contributed by atoms with Crippen LogP contribution in [0.25, 0.3) is 0 Å². The second kappa shape index (κ2) is 6.06. The molecule has 0 aliphatic heterocycles. The van der Waals surface area contributed by atoms with Gasteiger partial charge in [0.15, 0.2) is 0 Å². The van der Waals surface area contributed by atoms with Gasteiger partial charge in [-0.05, 0) is 52.5 Å². The summed E-state index contributed by atoms with van der Waals surface area (Å²) in [5.74, 6) is 0.787. The van der Waals surface area contributed by atoms with Crippen molar-refractivity contribution in [1.29, 1.82) is 0 Å². The number of hydrogen-bond donors (Lipinski definition) is 1. The number of nitrogens with two attached hydrogens (primary N) is 1. The van der Waals surface area contributed by atoms with E-state index < -0.39 is 0 Å². The SMILES string of the molecule is CC(N)c1cc(Cl)ccc1OCc1sccc1Br. The molecule has 96 valence electrons. The van der Waals surface area contributed by atoms with Gasteiger partial charge in [0.2, 0.25) is 0 Å². The summed E-state index contributed by atoms with van der Waals surface area (Å²) in [6.45, 7) is 2.44. The fourth-order valence-corrected chi connectivity index (χ4v) is 3.14. The minimum absolute atomic E-state index is 0.106. The largest absolute Gasteiger partial charge is 0.488 e. The second-order valence-electron chi connectivity index (χ2n) is 3.95. The maximum Gasteiger partial charge on any atom is 0.124 e. The van der Waals surface area contributed by atoms with Crippen molar-refractivity contribution in [3.63, 3.8) is 0 Å². The predicted molar refractivity (Wildman–Crippen MR) is 80.4 cm³/mol. The average molecular weight is 347 g/mol. The molecule has 0 spiro atoms. The summed E-state index contributed by atoms with van der Waals surface area (Å²) in [5.41, 5.74) is 6.84. The van der Waals surface area contributed by atoms with Crippen molar-refractivity contribution in [3.8, 4) is 5.75 Å². The first kappa shape index (κ1) is 13.9. The van der Waals surface area contributed by atoms with Crippen LogP contribution in [0.1, 0.15) is 23.4 Å². The molecule has 0 bridgehead atoms. The molecule has 18 heavy (non-hydrogen) atoms. The van der Waals surface area contributed by atoms with Gasteiger partial charge in [0.05, 0.1) is 4.88 Å². The van der Waals surface area contributed by atoms with Gasteiger partial charge in [0.25, 0.3) is 0 Å². The van der Waals surface area contributed by atoms with Gasteiger partial charge in [0, 0.05) is 21.1 Å². The standard InChI is InChI=1S/C13H13BrClNOS/c1-8(16)10-6-9(15)2-3-12(10)17-7-13-11(14)4-5-18-13/h2-6,8H,7,16H2,1H3. The van der Waals surface area contributed by atoms with Crippen LogP contribution >= 0.6 is 38.9 Å². The Morgan fingerprint density at radius 2 is 2.22 bits per heavy atom. The zero-order chi connectivity index (χ0) is 13.1. The quantitative estimate of drug-likeness (QED) is 0.866. The molecule has 1 heterocycles. The Balaban J connectivity index is 2.16. The van der Waals surface area contributed by atoms with Crippen LogP contribution in [0.4, 0.5) is 0 Å². The van der Waals surface area contributed by atoms with E-state index >= 15 is 0 Å². The van der Waals surface area contributed by atoms with Crippen LogP contribution in [0.2, 0.25) is 5.02 Å². The van der Waals surface area contributed by atoms with Gasteiger partial charge in [-0.15, -0.1) is 11.3 Å². The fraction of sp³-hybridized carbons (Fsp3) is 0.231. The number of halogens is 2. The number of thiophene rings is 1. The molecule has 2 rings (SSSR count). The summed E-state index contributed by atoms with van der Waals surface area (Å²) < 4.78 is 6.89. The van der Waals surface area contributed by atoms with Gasteiger partial charge >= 0.3 is 0 Å². The number of hydrogen-bond acceptors (Lipinski definition) is 3. The zero-order valence-electron chi connectivity index (χ0n) is 9.82. The molecular weight excluding hydrogens is 334 g/mol. The van der Waals surface area contributed by atoms with E-state index in [2.05, 4.69) is 15.9 Å². The van der Waals surface area contributed by atoms with E-state index in [0.717, 1.165) is 20.7 Å². The van der Waals surface area contributed by atoms with Crippen LogP contribution in [-0.2, 0) is 6.61 Å². The molecule has 0 amide bonds. The van der Waals surface area contributed by atoms with E-state index in [4.69, 9.17) is 22.1 Å². The van der Waals surface area contributed by atoms with Gasteiger partial charge in [-0.3, -0.25) is 0 Å². The van der Waals surface area contributed by atoms with E-state index in [1.807, 2.05) is 36.6 Å². The molecular formula is C13H13BrClNOS. The predicted octanol–water partition coefficient (Wildman–Crippen LogP) is 4.76. The molecule has 0 saturated heterocycles. The minimum atomic E-state index is -0.106. The van der Waals surface area contributed by atoms with Gasteiger partial charge in [-0.1, -0.05) is 11.6 Å². The lowest BCUT2D eigenvalue weighted by Crippen LogP contribution is -2.08. The highest BCUT2D eigenvalue weighted by Crippen LogP contribution is 2.29. The van der Waals surface area contributed by atoms with E-state index in [-0.39, 0.29) is 6.04 Å². The van der Waals surface area contributed by atoms with Gasteiger partial charge in [-0.25, -0.2) is 0 Å². The highest BCUT2D eigenvalue weighted by atomic mass is 79.9. The molecule has 1 unspecified atom stereocenters. The van der Waals surface area contributed by atoms with Gasteiger partial charge in [-0.2, -0.15) is 0 Å². The second-order valence-corrected chi connectivity index (χ2v) is 6.24. The normalized spacial score (nSPS) is 12.4. The van der Waals surface area contributed by atoms with Crippen LogP contribution in [0.15, 0.2) is 34.1 Å². The summed E-state index contributed by atoms with van der Waals surface area (Å²) in [4.78, 5) is 1.15. The molecule has 0 radical (unpaired) electrons. The lowest BCUT2D eigenvalue weighted by Gasteiger charge is -2.14. The summed E-state index contributed by atoms with van der Waals surface area (Å²) >= 11 is 11.1. The van der Waals surface area contributed by atoms with Gasteiger partial charge in [0.1, 0.15) is 12.4 Å². The molecule has 2 N–H and O–H groups in total. The van der Waals surface area contributed by atoms with Crippen molar-refractivity contribution >= 4 is 38.9 Å². The molecule has 0 saturated carbocycles. The number of rotatable bonds is 4. The first-order valence-corrected chi connectivity index (χ1v) is 7.52. The van der Waals surface area contributed by atoms with Crippen LogP contribution in [0.3, 0.4) is 0 Å². The Morgan fingerprint density at radius 1 is 1.44 bits per heavy atom. The Labute approximate surface area is 124 Å². The maximum atomic E-state index is 5.97. The first-order chi connectivity index (χ1) is 8.58. The molecule has 1 aromatic heterocycles. The van der Waals surface area contributed by atoms with Crippen LogP contribution < -0.4 is 10.5 Å². The number of ether oxygens (including phenoxy) is 1. The summed E-state index contributed by atoms with van der Waals surface area (Å²) in [5, 5.41) is 2.70. The van der Waals surface area contributed by atoms with Crippen molar-refractivity contribution in [1.82, 2.24) is 0 Å². The van der Waals surface area contributed by atoms with Crippen molar-refractivity contribution in [2.24, 2.45) is 5.73 Å². The molecule has 1 atom stereocenters. The molecule has 2 nitrogen and oxygen atoms in total. The van der Waals surface area contributed by atoms with Crippen LogP contribution in [0, 0.1) is 0 Å². The van der Waals surface area contributed by atoms with Crippen molar-refractivity contribution in [3.05, 3.63) is 49.6 Å².